The zero-order valence-electron chi connectivity index (χ0n) is 11.4. The van der Waals surface area contributed by atoms with E-state index in [0.29, 0.717) is 5.92 Å². The van der Waals surface area contributed by atoms with Crippen LogP contribution in [0.5, 0.6) is 0 Å². The normalized spacial score (nSPS) is 15.8. The average molecular weight is 244 g/mol. The molecule has 0 saturated carbocycles. The number of amides is 2. The Labute approximate surface area is 103 Å². The first-order valence-corrected chi connectivity index (χ1v) is 6.05. The first-order valence-electron chi connectivity index (χ1n) is 6.05. The summed E-state index contributed by atoms with van der Waals surface area (Å²) in [5.41, 5.74) is 0. The number of carbonyl (C=O) groups excluding carboxylic acids is 1. The highest BCUT2D eigenvalue weighted by Gasteiger charge is 2.22. The van der Waals surface area contributed by atoms with Crippen LogP contribution in [-0.4, -0.2) is 41.1 Å². The lowest BCUT2D eigenvalue weighted by atomic mass is 10.0. The van der Waals surface area contributed by atoms with E-state index in [4.69, 9.17) is 5.11 Å². The van der Waals surface area contributed by atoms with E-state index in [2.05, 4.69) is 19.2 Å². The lowest BCUT2D eigenvalue weighted by Crippen LogP contribution is -2.48. The maximum atomic E-state index is 11.7. The second-order valence-electron chi connectivity index (χ2n) is 4.72. The van der Waals surface area contributed by atoms with Gasteiger partial charge in [-0.3, -0.25) is 0 Å². The topological polar surface area (TPSA) is 69.6 Å². The highest BCUT2D eigenvalue weighted by atomic mass is 16.4. The van der Waals surface area contributed by atoms with Gasteiger partial charge < -0.3 is 15.3 Å². The molecular weight excluding hydrogens is 220 g/mol. The van der Waals surface area contributed by atoms with Crippen LogP contribution in [0.2, 0.25) is 0 Å². The molecule has 3 unspecified atom stereocenters. The summed E-state index contributed by atoms with van der Waals surface area (Å²) in [6.45, 7) is 7.66. The van der Waals surface area contributed by atoms with Crippen molar-refractivity contribution in [3.8, 4) is 0 Å². The van der Waals surface area contributed by atoms with Crippen molar-refractivity contribution in [2.45, 2.75) is 52.6 Å². The molecule has 0 saturated heterocycles. The van der Waals surface area contributed by atoms with Gasteiger partial charge in [0.15, 0.2) is 0 Å². The molecule has 3 atom stereocenters. The van der Waals surface area contributed by atoms with E-state index in [-0.39, 0.29) is 12.1 Å². The highest BCUT2D eigenvalue weighted by molar-refractivity contribution is 5.82. The predicted octanol–water partition coefficient (Wildman–Crippen LogP) is 1.93. The van der Waals surface area contributed by atoms with Crippen LogP contribution in [0.15, 0.2) is 0 Å². The Morgan fingerprint density at radius 2 is 1.82 bits per heavy atom. The van der Waals surface area contributed by atoms with Crippen molar-refractivity contribution in [3.05, 3.63) is 0 Å². The van der Waals surface area contributed by atoms with E-state index < -0.39 is 12.0 Å². The summed E-state index contributed by atoms with van der Waals surface area (Å²) < 4.78 is 0. The van der Waals surface area contributed by atoms with Gasteiger partial charge in [-0.1, -0.05) is 20.3 Å². The van der Waals surface area contributed by atoms with Crippen LogP contribution in [-0.2, 0) is 4.79 Å². The Kier molecular flexibility index (Phi) is 6.61. The molecule has 0 bridgehead atoms. The van der Waals surface area contributed by atoms with E-state index in [1.807, 2.05) is 6.92 Å². The number of aliphatic carboxylic acids is 1. The Bertz CT molecular complexity index is 268. The average Bonchev–Trinajstić information content (AvgIpc) is 2.26. The van der Waals surface area contributed by atoms with Gasteiger partial charge in [0.25, 0.3) is 0 Å². The molecule has 0 heterocycles. The van der Waals surface area contributed by atoms with Gasteiger partial charge in [0, 0.05) is 13.1 Å². The van der Waals surface area contributed by atoms with Gasteiger partial charge >= 0.3 is 12.0 Å². The van der Waals surface area contributed by atoms with Crippen LogP contribution in [0.3, 0.4) is 0 Å². The van der Waals surface area contributed by atoms with Crippen LogP contribution in [0.4, 0.5) is 4.79 Å². The van der Waals surface area contributed by atoms with Crippen molar-refractivity contribution >= 4 is 12.0 Å². The number of carboxylic acid groups (broad SMARTS) is 1. The maximum absolute atomic E-state index is 11.7. The molecule has 5 nitrogen and oxygen atoms in total. The fourth-order valence-electron chi connectivity index (χ4n) is 1.48. The molecular formula is C12H24N2O3. The third-order valence-corrected chi connectivity index (χ3v) is 3.08. The second-order valence-corrected chi connectivity index (χ2v) is 4.72. The van der Waals surface area contributed by atoms with Crippen LogP contribution >= 0.6 is 0 Å². The van der Waals surface area contributed by atoms with Gasteiger partial charge in [-0.15, -0.1) is 0 Å². The van der Waals surface area contributed by atoms with Crippen molar-refractivity contribution in [1.82, 2.24) is 10.2 Å². The zero-order chi connectivity index (χ0) is 13.6. The summed E-state index contributed by atoms with van der Waals surface area (Å²) in [7, 11) is 1.49. The van der Waals surface area contributed by atoms with Crippen LogP contribution in [0.25, 0.3) is 0 Å². The fraction of sp³-hybridized carbons (Fsp3) is 0.833. The summed E-state index contributed by atoms with van der Waals surface area (Å²) >= 11 is 0. The number of hydrogen-bond acceptors (Lipinski definition) is 2. The van der Waals surface area contributed by atoms with E-state index >= 15 is 0 Å². The number of carbonyl (C=O) groups is 2. The molecule has 100 valence electrons. The SMILES string of the molecule is CCC(C)CC(C)NC(=O)N(C)C(C)C(=O)O. The van der Waals surface area contributed by atoms with E-state index in [1.165, 1.54) is 18.9 Å². The Balaban J connectivity index is 4.20. The summed E-state index contributed by atoms with van der Waals surface area (Å²) in [5.74, 6) is -0.454. The lowest BCUT2D eigenvalue weighted by Gasteiger charge is -2.25. The molecule has 17 heavy (non-hydrogen) atoms. The molecule has 0 aromatic carbocycles. The van der Waals surface area contributed by atoms with Gasteiger partial charge in [-0.25, -0.2) is 9.59 Å². The van der Waals surface area contributed by atoms with Crippen LogP contribution < -0.4 is 5.32 Å². The van der Waals surface area contributed by atoms with Crippen molar-refractivity contribution in [3.63, 3.8) is 0 Å². The van der Waals surface area contributed by atoms with Gasteiger partial charge in [0.1, 0.15) is 6.04 Å². The third kappa shape index (κ3) is 5.56. The minimum absolute atomic E-state index is 0.0564. The maximum Gasteiger partial charge on any atom is 0.326 e. The zero-order valence-corrected chi connectivity index (χ0v) is 11.4. The molecule has 0 aliphatic carbocycles. The van der Waals surface area contributed by atoms with E-state index in [1.54, 1.807) is 0 Å². The first kappa shape index (κ1) is 15.7. The van der Waals surface area contributed by atoms with Gasteiger partial charge in [0.05, 0.1) is 0 Å². The lowest BCUT2D eigenvalue weighted by molar-refractivity contribution is -0.141. The van der Waals surface area contributed by atoms with Crippen molar-refractivity contribution in [2.24, 2.45) is 5.92 Å². The van der Waals surface area contributed by atoms with Crippen LogP contribution in [0.1, 0.15) is 40.5 Å². The molecule has 2 N–H and O–H groups in total. The predicted molar refractivity (Wildman–Crippen MR) is 66.9 cm³/mol. The number of carboxylic acids is 1. The van der Waals surface area contributed by atoms with Crippen molar-refractivity contribution in [1.29, 1.82) is 0 Å². The third-order valence-electron chi connectivity index (χ3n) is 3.08. The summed E-state index contributed by atoms with van der Waals surface area (Å²) in [6.07, 6.45) is 1.97. The number of nitrogens with one attached hydrogen (secondary N) is 1. The summed E-state index contributed by atoms with van der Waals surface area (Å²) in [5, 5.41) is 11.6. The molecule has 0 aliphatic heterocycles. The molecule has 2 amide bonds. The fourth-order valence-corrected chi connectivity index (χ4v) is 1.48. The van der Waals surface area contributed by atoms with Gasteiger partial charge in [-0.2, -0.15) is 0 Å². The van der Waals surface area contributed by atoms with E-state index in [0.717, 1.165) is 12.8 Å². The second kappa shape index (κ2) is 7.14. The molecule has 0 spiro atoms. The first-order chi connectivity index (χ1) is 7.79. The van der Waals surface area contributed by atoms with E-state index in [9.17, 15) is 9.59 Å². The summed E-state index contributed by atoms with van der Waals surface area (Å²) in [4.78, 5) is 23.7. The van der Waals surface area contributed by atoms with Gasteiger partial charge in [-0.05, 0) is 26.2 Å². The van der Waals surface area contributed by atoms with Crippen molar-refractivity contribution in [2.75, 3.05) is 7.05 Å². The summed E-state index contributed by atoms with van der Waals surface area (Å²) in [6, 6.07) is -1.10. The Morgan fingerprint density at radius 1 is 1.29 bits per heavy atom. The molecule has 5 heteroatoms. The highest BCUT2D eigenvalue weighted by Crippen LogP contribution is 2.09. The number of rotatable bonds is 6. The number of nitrogens with zero attached hydrogens (tertiary/aromatic N) is 1. The molecule has 0 aromatic heterocycles. The molecule has 0 radical (unpaired) electrons. The largest absolute Gasteiger partial charge is 0.480 e. The molecule has 0 rings (SSSR count). The van der Waals surface area contributed by atoms with Crippen molar-refractivity contribution < 1.29 is 14.7 Å². The monoisotopic (exact) mass is 244 g/mol. The number of urea groups is 1. The standard InChI is InChI=1S/C12H24N2O3/c1-6-8(2)7-9(3)13-12(17)14(5)10(4)11(15)16/h8-10H,6-7H2,1-5H3,(H,13,17)(H,15,16). The van der Waals surface area contributed by atoms with Gasteiger partial charge in [0.2, 0.25) is 0 Å². The van der Waals surface area contributed by atoms with Crippen LogP contribution in [0, 0.1) is 5.92 Å². The number of likely N-dealkylation sites (N-methyl/N-ethyl adjacent to an activating group) is 1. The molecule has 0 aliphatic rings. The minimum Gasteiger partial charge on any atom is -0.480 e. The minimum atomic E-state index is -1.00. The molecule has 0 aromatic rings. The molecule has 0 fully saturated rings. The Morgan fingerprint density at radius 3 is 2.24 bits per heavy atom. The Hall–Kier alpha value is -1.26. The number of hydrogen-bond donors (Lipinski definition) is 2. The smallest absolute Gasteiger partial charge is 0.326 e. The quantitative estimate of drug-likeness (QED) is 0.750.